The third-order valence-corrected chi connectivity index (χ3v) is 3.83. The molecule has 114 valence electrons. The van der Waals surface area contributed by atoms with Crippen LogP contribution in [0.2, 0.25) is 0 Å². The molecule has 0 spiro atoms. The molecule has 1 amide bonds. The molecule has 1 aliphatic rings. The molecule has 21 heavy (non-hydrogen) atoms. The molecule has 2 unspecified atom stereocenters. The third-order valence-electron chi connectivity index (χ3n) is 3.83. The number of hydrogen-bond acceptors (Lipinski definition) is 3. The zero-order valence-corrected chi connectivity index (χ0v) is 12.0. The van der Waals surface area contributed by atoms with E-state index in [1.807, 2.05) is 30.3 Å². The molecule has 0 heterocycles. The first kappa shape index (κ1) is 15.5. The van der Waals surface area contributed by atoms with Crippen LogP contribution in [0.4, 0.5) is 0 Å². The van der Waals surface area contributed by atoms with Gasteiger partial charge in [0.05, 0.1) is 6.04 Å². The number of nitrogens with two attached hydrogens (primary N) is 1. The summed E-state index contributed by atoms with van der Waals surface area (Å²) in [5.74, 6) is -0.488. The number of nitrogens with one attached hydrogen (secondary N) is 1. The number of hydrogen-bond donors (Lipinski definition) is 3. The fraction of sp³-hybridized carbons (Fsp3) is 0.500. The Labute approximate surface area is 124 Å². The van der Waals surface area contributed by atoms with E-state index in [1.54, 1.807) is 0 Å². The number of carboxylic acids is 1. The molecule has 5 nitrogen and oxygen atoms in total. The fourth-order valence-electron chi connectivity index (χ4n) is 2.43. The Morgan fingerprint density at radius 1 is 1.29 bits per heavy atom. The summed E-state index contributed by atoms with van der Waals surface area (Å²) in [4.78, 5) is 22.8. The van der Waals surface area contributed by atoms with Crippen LogP contribution in [0.25, 0.3) is 0 Å². The van der Waals surface area contributed by atoms with E-state index in [1.165, 1.54) is 0 Å². The average molecular weight is 290 g/mol. The summed E-state index contributed by atoms with van der Waals surface area (Å²) in [6.07, 6.45) is 2.92. The summed E-state index contributed by atoms with van der Waals surface area (Å²) in [6, 6.07) is 9.09. The molecule has 1 aliphatic carbocycles. The van der Waals surface area contributed by atoms with Crippen LogP contribution in [0.15, 0.2) is 30.3 Å². The van der Waals surface area contributed by atoms with Crippen LogP contribution in [0.1, 0.15) is 43.7 Å². The molecule has 0 aliphatic heterocycles. The zero-order chi connectivity index (χ0) is 15.2. The van der Waals surface area contributed by atoms with E-state index in [9.17, 15) is 9.59 Å². The highest BCUT2D eigenvalue weighted by Crippen LogP contribution is 2.32. The van der Waals surface area contributed by atoms with Crippen molar-refractivity contribution in [2.75, 3.05) is 0 Å². The molecule has 4 N–H and O–H groups in total. The maximum atomic E-state index is 12.1. The van der Waals surface area contributed by atoms with Gasteiger partial charge in [-0.1, -0.05) is 30.3 Å². The number of rotatable bonds is 8. The molecule has 0 aromatic heterocycles. The summed E-state index contributed by atoms with van der Waals surface area (Å²) >= 11 is 0. The Kier molecular flexibility index (Phi) is 5.33. The Bertz CT molecular complexity index is 486. The third kappa shape index (κ3) is 5.19. The molecule has 0 bridgehead atoms. The second-order valence-corrected chi connectivity index (χ2v) is 5.67. The molecule has 1 saturated carbocycles. The standard InChI is InChI=1S/C16H22N2O3/c17-13(11-6-7-11)10-15(19)18-14(8-9-16(20)21)12-4-2-1-3-5-12/h1-5,11,13-14H,6-10,17H2,(H,18,19)(H,20,21). The number of carbonyl (C=O) groups is 2. The van der Waals surface area contributed by atoms with Gasteiger partial charge in [-0.25, -0.2) is 0 Å². The Morgan fingerprint density at radius 2 is 1.95 bits per heavy atom. The lowest BCUT2D eigenvalue weighted by Gasteiger charge is -2.20. The lowest BCUT2D eigenvalue weighted by atomic mass is 10.0. The molecular weight excluding hydrogens is 268 g/mol. The average Bonchev–Trinajstić information content (AvgIpc) is 3.28. The van der Waals surface area contributed by atoms with Crippen molar-refractivity contribution < 1.29 is 14.7 Å². The molecule has 2 atom stereocenters. The maximum Gasteiger partial charge on any atom is 0.303 e. The van der Waals surface area contributed by atoms with E-state index in [-0.39, 0.29) is 24.4 Å². The van der Waals surface area contributed by atoms with Gasteiger partial charge in [-0.2, -0.15) is 0 Å². The second kappa shape index (κ2) is 7.22. The van der Waals surface area contributed by atoms with E-state index in [4.69, 9.17) is 10.8 Å². The Balaban J connectivity index is 1.94. The van der Waals surface area contributed by atoms with Gasteiger partial charge in [-0.15, -0.1) is 0 Å². The van der Waals surface area contributed by atoms with Crippen molar-refractivity contribution in [1.82, 2.24) is 5.32 Å². The lowest BCUT2D eigenvalue weighted by molar-refractivity contribution is -0.137. The largest absolute Gasteiger partial charge is 0.481 e. The minimum absolute atomic E-state index is 0.0223. The minimum Gasteiger partial charge on any atom is -0.481 e. The van der Waals surface area contributed by atoms with Crippen LogP contribution in [-0.4, -0.2) is 23.0 Å². The number of amides is 1. The van der Waals surface area contributed by atoms with Crippen molar-refractivity contribution in [1.29, 1.82) is 0 Å². The molecule has 1 aromatic rings. The van der Waals surface area contributed by atoms with E-state index in [0.29, 0.717) is 18.8 Å². The zero-order valence-electron chi connectivity index (χ0n) is 12.0. The molecule has 2 rings (SSSR count). The monoisotopic (exact) mass is 290 g/mol. The van der Waals surface area contributed by atoms with Gasteiger partial charge in [0.15, 0.2) is 0 Å². The first-order chi connectivity index (χ1) is 10.1. The first-order valence-corrected chi connectivity index (χ1v) is 7.38. The van der Waals surface area contributed by atoms with E-state index < -0.39 is 5.97 Å². The van der Waals surface area contributed by atoms with Gasteiger partial charge < -0.3 is 16.2 Å². The van der Waals surface area contributed by atoms with Crippen molar-refractivity contribution in [3.05, 3.63) is 35.9 Å². The highest BCUT2D eigenvalue weighted by molar-refractivity contribution is 5.77. The smallest absolute Gasteiger partial charge is 0.303 e. The van der Waals surface area contributed by atoms with E-state index in [0.717, 1.165) is 18.4 Å². The number of benzene rings is 1. The predicted molar refractivity (Wildman–Crippen MR) is 79.5 cm³/mol. The van der Waals surface area contributed by atoms with Crippen molar-refractivity contribution >= 4 is 11.9 Å². The van der Waals surface area contributed by atoms with Gasteiger partial charge in [0.25, 0.3) is 0 Å². The summed E-state index contributed by atoms with van der Waals surface area (Å²) in [5, 5.41) is 11.8. The van der Waals surface area contributed by atoms with Crippen molar-refractivity contribution in [3.63, 3.8) is 0 Å². The van der Waals surface area contributed by atoms with Gasteiger partial charge in [-0.3, -0.25) is 9.59 Å². The Hall–Kier alpha value is -1.88. The molecular formula is C16H22N2O3. The van der Waals surface area contributed by atoms with Crippen LogP contribution < -0.4 is 11.1 Å². The van der Waals surface area contributed by atoms with Crippen molar-refractivity contribution in [2.45, 2.75) is 44.2 Å². The quantitative estimate of drug-likeness (QED) is 0.681. The first-order valence-electron chi connectivity index (χ1n) is 7.38. The summed E-state index contributed by atoms with van der Waals surface area (Å²) in [7, 11) is 0. The molecule has 1 fully saturated rings. The lowest BCUT2D eigenvalue weighted by Crippen LogP contribution is -2.35. The van der Waals surface area contributed by atoms with Gasteiger partial charge >= 0.3 is 5.97 Å². The number of aliphatic carboxylic acids is 1. The van der Waals surface area contributed by atoms with Crippen LogP contribution in [0, 0.1) is 5.92 Å². The topological polar surface area (TPSA) is 92.4 Å². The molecule has 1 aromatic carbocycles. The predicted octanol–water partition coefficient (Wildman–Crippen LogP) is 1.84. The molecule has 0 radical (unpaired) electrons. The summed E-state index contributed by atoms with van der Waals surface area (Å²) in [6.45, 7) is 0. The highest BCUT2D eigenvalue weighted by Gasteiger charge is 2.30. The van der Waals surface area contributed by atoms with Gasteiger partial charge in [0.1, 0.15) is 0 Å². The summed E-state index contributed by atoms with van der Waals surface area (Å²) in [5.41, 5.74) is 6.88. The van der Waals surface area contributed by atoms with Gasteiger partial charge in [0.2, 0.25) is 5.91 Å². The van der Waals surface area contributed by atoms with Crippen molar-refractivity contribution in [3.8, 4) is 0 Å². The number of carbonyl (C=O) groups excluding carboxylic acids is 1. The highest BCUT2D eigenvalue weighted by atomic mass is 16.4. The van der Waals surface area contributed by atoms with Crippen LogP contribution in [0.3, 0.4) is 0 Å². The van der Waals surface area contributed by atoms with E-state index in [2.05, 4.69) is 5.32 Å². The van der Waals surface area contributed by atoms with Gasteiger partial charge in [0, 0.05) is 18.9 Å². The van der Waals surface area contributed by atoms with Crippen LogP contribution in [-0.2, 0) is 9.59 Å². The maximum absolute atomic E-state index is 12.1. The molecule has 0 saturated heterocycles. The summed E-state index contributed by atoms with van der Waals surface area (Å²) < 4.78 is 0. The van der Waals surface area contributed by atoms with Crippen LogP contribution >= 0.6 is 0 Å². The van der Waals surface area contributed by atoms with Gasteiger partial charge in [-0.05, 0) is 30.7 Å². The van der Waals surface area contributed by atoms with Crippen molar-refractivity contribution in [2.24, 2.45) is 11.7 Å². The minimum atomic E-state index is -0.861. The fourth-order valence-corrected chi connectivity index (χ4v) is 2.43. The normalized spacial score (nSPS) is 17.0. The second-order valence-electron chi connectivity index (χ2n) is 5.67. The molecule has 5 heteroatoms. The SMILES string of the molecule is NC(CC(=O)NC(CCC(=O)O)c1ccccc1)C1CC1. The van der Waals surface area contributed by atoms with Crippen LogP contribution in [0.5, 0.6) is 0 Å². The van der Waals surface area contributed by atoms with E-state index >= 15 is 0 Å². The Morgan fingerprint density at radius 3 is 2.52 bits per heavy atom. The number of carboxylic acid groups (broad SMARTS) is 1.